The van der Waals surface area contributed by atoms with Crippen LogP contribution in [0.2, 0.25) is 0 Å². The average Bonchev–Trinajstić information content (AvgIpc) is 2.95. The van der Waals surface area contributed by atoms with Crippen LogP contribution < -0.4 is 0 Å². The van der Waals surface area contributed by atoms with E-state index in [9.17, 15) is 0 Å². The van der Waals surface area contributed by atoms with E-state index in [0.29, 0.717) is 6.61 Å². The summed E-state index contributed by atoms with van der Waals surface area (Å²) in [6, 6.07) is 0. The van der Waals surface area contributed by atoms with Gasteiger partial charge in [0.15, 0.2) is 5.89 Å². The highest BCUT2D eigenvalue weighted by Gasteiger charge is 2.23. The van der Waals surface area contributed by atoms with Gasteiger partial charge in [0.25, 0.3) is 0 Å². The van der Waals surface area contributed by atoms with Crippen molar-refractivity contribution in [2.45, 2.75) is 46.1 Å². The van der Waals surface area contributed by atoms with Gasteiger partial charge in [-0.3, -0.25) is 4.90 Å². The minimum atomic E-state index is 0.317. The van der Waals surface area contributed by atoms with Crippen molar-refractivity contribution in [1.29, 1.82) is 0 Å². The van der Waals surface area contributed by atoms with Crippen LogP contribution in [0.3, 0.4) is 0 Å². The molecule has 18 heavy (non-hydrogen) atoms. The van der Waals surface area contributed by atoms with Crippen LogP contribution in [0, 0.1) is 12.8 Å². The SMILES string of the molecule is CCc1nc(C)c(CN2CCC(CCCO)C2)o1. The molecule has 0 amide bonds. The second-order valence-electron chi connectivity index (χ2n) is 5.23. The summed E-state index contributed by atoms with van der Waals surface area (Å²) in [5, 5.41) is 8.86. The Hall–Kier alpha value is -0.870. The molecule has 4 nitrogen and oxygen atoms in total. The number of likely N-dealkylation sites (tertiary alicyclic amines) is 1. The number of rotatable bonds is 6. The van der Waals surface area contributed by atoms with E-state index in [0.717, 1.165) is 62.2 Å². The van der Waals surface area contributed by atoms with Crippen molar-refractivity contribution in [2.75, 3.05) is 19.7 Å². The molecule has 1 unspecified atom stereocenters. The zero-order valence-corrected chi connectivity index (χ0v) is 11.5. The number of aryl methyl sites for hydroxylation is 2. The lowest BCUT2D eigenvalue weighted by Crippen LogP contribution is -2.20. The Kier molecular flexibility index (Phi) is 4.78. The van der Waals surface area contributed by atoms with Crippen LogP contribution in [0.4, 0.5) is 0 Å². The number of nitrogens with zero attached hydrogens (tertiary/aromatic N) is 2. The summed E-state index contributed by atoms with van der Waals surface area (Å²) in [6.45, 7) is 7.55. The van der Waals surface area contributed by atoms with E-state index in [1.165, 1.54) is 6.42 Å². The standard InChI is InChI=1S/C14H24N2O2/c1-3-14-15-11(2)13(18-14)10-16-7-6-12(9-16)5-4-8-17/h12,17H,3-10H2,1-2H3. The summed E-state index contributed by atoms with van der Waals surface area (Å²) in [6.07, 6.45) is 4.18. The van der Waals surface area contributed by atoms with Gasteiger partial charge in [-0.15, -0.1) is 0 Å². The Morgan fingerprint density at radius 3 is 3.00 bits per heavy atom. The topological polar surface area (TPSA) is 49.5 Å². The molecular weight excluding hydrogens is 228 g/mol. The van der Waals surface area contributed by atoms with Crippen LogP contribution in [-0.2, 0) is 13.0 Å². The lowest BCUT2D eigenvalue weighted by Gasteiger charge is -2.14. The van der Waals surface area contributed by atoms with Crippen molar-refractivity contribution in [3.8, 4) is 0 Å². The van der Waals surface area contributed by atoms with Crippen molar-refractivity contribution >= 4 is 0 Å². The van der Waals surface area contributed by atoms with E-state index in [2.05, 4.69) is 16.8 Å². The van der Waals surface area contributed by atoms with Gasteiger partial charge in [0.1, 0.15) is 5.76 Å². The molecule has 1 N–H and O–H groups in total. The molecule has 2 rings (SSSR count). The molecule has 2 heterocycles. The van der Waals surface area contributed by atoms with Gasteiger partial charge in [0.05, 0.1) is 12.2 Å². The van der Waals surface area contributed by atoms with Gasteiger partial charge in [0.2, 0.25) is 0 Å². The molecule has 1 aliphatic rings. The molecule has 1 aliphatic heterocycles. The molecule has 1 atom stereocenters. The number of aromatic nitrogens is 1. The van der Waals surface area contributed by atoms with E-state index in [1.807, 2.05) is 6.92 Å². The van der Waals surface area contributed by atoms with Crippen molar-refractivity contribution in [3.63, 3.8) is 0 Å². The first-order valence-electron chi connectivity index (χ1n) is 7.01. The Labute approximate surface area is 109 Å². The molecule has 1 aromatic heterocycles. The highest BCUT2D eigenvalue weighted by atomic mass is 16.4. The van der Waals surface area contributed by atoms with Crippen molar-refractivity contribution in [2.24, 2.45) is 5.92 Å². The van der Waals surface area contributed by atoms with E-state index in [-0.39, 0.29) is 0 Å². The minimum absolute atomic E-state index is 0.317. The molecule has 0 aromatic carbocycles. The van der Waals surface area contributed by atoms with E-state index in [4.69, 9.17) is 9.52 Å². The summed E-state index contributed by atoms with van der Waals surface area (Å²) in [5.74, 6) is 2.61. The second kappa shape index (κ2) is 6.34. The quantitative estimate of drug-likeness (QED) is 0.842. The maximum Gasteiger partial charge on any atom is 0.194 e. The van der Waals surface area contributed by atoms with Gasteiger partial charge in [-0.05, 0) is 38.6 Å². The lowest BCUT2D eigenvalue weighted by molar-refractivity contribution is 0.258. The smallest absolute Gasteiger partial charge is 0.194 e. The third-order valence-electron chi connectivity index (χ3n) is 3.75. The van der Waals surface area contributed by atoms with E-state index < -0.39 is 0 Å². The van der Waals surface area contributed by atoms with Gasteiger partial charge in [0, 0.05) is 19.6 Å². The van der Waals surface area contributed by atoms with Gasteiger partial charge in [-0.25, -0.2) is 4.98 Å². The molecule has 1 fully saturated rings. The number of hydrogen-bond acceptors (Lipinski definition) is 4. The molecule has 0 bridgehead atoms. The fraction of sp³-hybridized carbons (Fsp3) is 0.786. The van der Waals surface area contributed by atoms with Gasteiger partial charge in [-0.1, -0.05) is 6.92 Å². The highest BCUT2D eigenvalue weighted by Crippen LogP contribution is 2.23. The number of oxazole rings is 1. The molecule has 0 saturated carbocycles. The number of hydrogen-bond donors (Lipinski definition) is 1. The molecular formula is C14H24N2O2. The molecule has 0 spiro atoms. The molecule has 1 saturated heterocycles. The van der Waals surface area contributed by atoms with Crippen LogP contribution in [0.1, 0.15) is 43.5 Å². The van der Waals surface area contributed by atoms with Gasteiger partial charge >= 0.3 is 0 Å². The highest BCUT2D eigenvalue weighted by molar-refractivity contribution is 5.08. The summed E-state index contributed by atoms with van der Waals surface area (Å²) >= 11 is 0. The van der Waals surface area contributed by atoms with Crippen molar-refractivity contribution in [3.05, 3.63) is 17.3 Å². The summed E-state index contributed by atoms with van der Waals surface area (Å²) in [4.78, 5) is 6.85. The maximum absolute atomic E-state index is 8.86. The first kappa shape index (κ1) is 13.6. The van der Waals surface area contributed by atoms with E-state index >= 15 is 0 Å². The molecule has 102 valence electrons. The summed E-state index contributed by atoms with van der Waals surface area (Å²) in [5.41, 5.74) is 1.03. The molecule has 0 aliphatic carbocycles. The third-order valence-corrected chi connectivity index (χ3v) is 3.75. The lowest BCUT2D eigenvalue weighted by atomic mass is 10.0. The normalized spacial score (nSPS) is 20.7. The van der Waals surface area contributed by atoms with Crippen LogP contribution in [0.15, 0.2) is 4.42 Å². The zero-order chi connectivity index (χ0) is 13.0. The largest absolute Gasteiger partial charge is 0.444 e. The van der Waals surface area contributed by atoms with Crippen LogP contribution in [0.5, 0.6) is 0 Å². The molecule has 4 heteroatoms. The van der Waals surface area contributed by atoms with Crippen molar-refractivity contribution < 1.29 is 9.52 Å². The van der Waals surface area contributed by atoms with Gasteiger partial charge in [-0.2, -0.15) is 0 Å². The van der Waals surface area contributed by atoms with Crippen LogP contribution >= 0.6 is 0 Å². The average molecular weight is 252 g/mol. The van der Waals surface area contributed by atoms with Crippen LogP contribution in [-0.4, -0.2) is 34.7 Å². The third kappa shape index (κ3) is 3.33. The fourth-order valence-electron chi connectivity index (χ4n) is 2.66. The summed E-state index contributed by atoms with van der Waals surface area (Å²) < 4.78 is 5.75. The van der Waals surface area contributed by atoms with Crippen LogP contribution in [0.25, 0.3) is 0 Å². The zero-order valence-electron chi connectivity index (χ0n) is 11.5. The van der Waals surface area contributed by atoms with Crippen molar-refractivity contribution in [1.82, 2.24) is 9.88 Å². The Balaban J connectivity index is 1.85. The first-order chi connectivity index (χ1) is 8.72. The Morgan fingerprint density at radius 2 is 2.33 bits per heavy atom. The maximum atomic E-state index is 8.86. The first-order valence-corrected chi connectivity index (χ1v) is 7.01. The Bertz CT molecular complexity index is 376. The minimum Gasteiger partial charge on any atom is -0.444 e. The molecule has 0 radical (unpaired) electrons. The number of aliphatic hydroxyl groups excluding tert-OH is 1. The predicted molar refractivity (Wildman–Crippen MR) is 70.3 cm³/mol. The monoisotopic (exact) mass is 252 g/mol. The van der Waals surface area contributed by atoms with E-state index in [1.54, 1.807) is 0 Å². The summed E-state index contributed by atoms with van der Waals surface area (Å²) in [7, 11) is 0. The number of aliphatic hydroxyl groups is 1. The second-order valence-corrected chi connectivity index (χ2v) is 5.23. The predicted octanol–water partition coefficient (Wildman–Crippen LogP) is 2.14. The molecule has 1 aromatic rings. The fourth-order valence-corrected chi connectivity index (χ4v) is 2.66. The Morgan fingerprint density at radius 1 is 1.50 bits per heavy atom. The van der Waals surface area contributed by atoms with Gasteiger partial charge < -0.3 is 9.52 Å².